The number of rotatable bonds is 6. The molecule has 0 spiro atoms. The van der Waals surface area contributed by atoms with Crippen molar-refractivity contribution in [1.82, 2.24) is 0 Å². The Labute approximate surface area is 203 Å². The zero-order valence-electron chi connectivity index (χ0n) is 20.0. The maximum Gasteiger partial charge on any atom is 0.300 e. The molecule has 3 aromatic rings. The minimum atomic E-state index is -0.908. The lowest BCUT2D eigenvalue weighted by Crippen LogP contribution is -2.29. The Morgan fingerprint density at radius 2 is 1.71 bits per heavy atom. The van der Waals surface area contributed by atoms with Crippen LogP contribution in [0.5, 0.6) is 17.2 Å². The Bertz CT molecular complexity index is 1310. The van der Waals surface area contributed by atoms with Crippen LogP contribution in [0, 0.1) is 6.92 Å². The highest BCUT2D eigenvalue weighted by atomic mass is 16.5. The molecule has 1 heterocycles. The van der Waals surface area contributed by atoms with Crippen molar-refractivity contribution in [2.75, 3.05) is 12.0 Å². The van der Waals surface area contributed by atoms with Gasteiger partial charge in [0.15, 0.2) is 0 Å². The average molecular weight is 474 g/mol. The number of aryl methyl sites for hydroxylation is 1. The van der Waals surface area contributed by atoms with E-state index in [9.17, 15) is 19.8 Å². The molecule has 180 valence electrons. The van der Waals surface area contributed by atoms with Crippen LogP contribution < -0.4 is 14.4 Å². The Hall–Kier alpha value is -4.26. The number of hydrogen-bond acceptors (Lipinski definition) is 6. The van der Waals surface area contributed by atoms with Crippen LogP contribution in [0.25, 0.3) is 5.76 Å². The van der Waals surface area contributed by atoms with Crippen LogP contribution in [-0.2, 0) is 9.59 Å². The number of benzene rings is 3. The average Bonchev–Trinajstić information content (AvgIpc) is 3.10. The van der Waals surface area contributed by atoms with Gasteiger partial charge in [-0.3, -0.25) is 14.5 Å². The SMILES string of the molecule is COc1cccc(N2C(=O)C(=O)/C(=C(\O)c3ccc(OC(C)C)c(C)c3)C2c2ccc(O)cc2)c1. The molecule has 1 amide bonds. The normalized spacial score (nSPS) is 17.2. The van der Waals surface area contributed by atoms with E-state index in [0.717, 1.165) is 5.56 Å². The smallest absolute Gasteiger partial charge is 0.300 e. The highest BCUT2D eigenvalue weighted by Crippen LogP contribution is 2.43. The van der Waals surface area contributed by atoms with Crippen molar-refractivity contribution >= 4 is 23.1 Å². The molecule has 0 aliphatic carbocycles. The van der Waals surface area contributed by atoms with Gasteiger partial charge in [0.05, 0.1) is 24.8 Å². The van der Waals surface area contributed by atoms with Crippen molar-refractivity contribution in [2.45, 2.75) is 32.9 Å². The van der Waals surface area contributed by atoms with Gasteiger partial charge in [-0.25, -0.2) is 0 Å². The molecule has 1 fully saturated rings. The molecular weight excluding hydrogens is 446 g/mol. The quantitative estimate of drug-likeness (QED) is 0.293. The lowest BCUT2D eigenvalue weighted by atomic mass is 9.94. The number of methoxy groups -OCH3 is 1. The number of aliphatic hydroxyl groups is 1. The van der Waals surface area contributed by atoms with Gasteiger partial charge in [-0.1, -0.05) is 18.2 Å². The molecule has 7 nitrogen and oxygen atoms in total. The summed E-state index contributed by atoms with van der Waals surface area (Å²) in [4.78, 5) is 27.9. The number of aliphatic hydroxyl groups excluding tert-OH is 1. The van der Waals surface area contributed by atoms with E-state index >= 15 is 0 Å². The molecule has 1 aliphatic rings. The Kier molecular flexibility index (Phi) is 6.51. The van der Waals surface area contributed by atoms with E-state index in [-0.39, 0.29) is 23.2 Å². The van der Waals surface area contributed by atoms with Gasteiger partial charge in [0.2, 0.25) is 0 Å². The fourth-order valence-electron chi connectivity index (χ4n) is 4.17. The van der Waals surface area contributed by atoms with Gasteiger partial charge in [-0.2, -0.15) is 0 Å². The van der Waals surface area contributed by atoms with E-state index in [2.05, 4.69) is 0 Å². The summed E-state index contributed by atoms with van der Waals surface area (Å²) in [6.07, 6.45) is -0.0177. The summed E-state index contributed by atoms with van der Waals surface area (Å²) >= 11 is 0. The Morgan fingerprint density at radius 3 is 2.34 bits per heavy atom. The zero-order chi connectivity index (χ0) is 25.3. The van der Waals surface area contributed by atoms with Gasteiger partial charge in [0, 0.05) is 17.3 Å². The summed E-state index contributed by atoms with van der Waals surface area (Å²) in [5.41, 5.74) is 2.14. The van der Waals surface area contributed by atoms with Crippen molar-refractivity contribution in [2.24, 2.45) is 0 Å². The van der Waals surface area contributed by atoms with Crippen LogP contribution in [-0.4, -0.2) is 35.1 Å². The van der Waals surface area contributed by atoms with Gasteiger partial charge >= 0.3 is 0 Å². The summed E-state index contributed by atoms with van der Waals surface area (Å²) in [6.45, 7) is 5.69. The fraction of sp³-hybridized carbons (Fsp3) is 0.214. The number of carbonyl (C=O) groups is 2. The van der Waals surface area contributed by atoms with E-state index in [1.807, 2.05) is 20.8 Å². The third kappa shape index (κ3) is 4.57. The van der Waals surface area contributed by atoms with E-state index < -0.39 is 17.7 Å². The van der Waals surface area contributed by atoms with Crippen LogP contribution in [0.3, 0.4) is 0 Å². The minimum Gasteiger partial charge on any atom is -0.508 e. The minimum absolute atomic E-state index is 0.0177. The lowest BCUT2D eigenvalue weighted by Gasteiger charge is -2.26. The number of carbonyl (C=O) groups excluding carboxylic acids is 2. The third-order valence-electron chi connectivity index (χ3n) is 5.80. The molecule has 0 saturated carbocycles. The standard InChI is InChI=1S/C28H27NO6/c1-16(2)35-23-13-10-19(14-17(23)3)26(31)24-25(18-8-11-21(30)12-9-18)29(28(33)27(24)32)20-6-5-7-22(15-20)34-4/h5-16,25,30-31H,1-4H3/b26-24-. The van der Waals surface area contributed by atoms with Crippen LogP contribution in [0.15, 0.2) is 72.3 Å². The molecule has 0 aromatic heterocycles. The first-order chi connectivity index (χ1) is 16.7. The second kappa shape index (κ2) is 9.54. The molecule has 7 heteroatoms. The van der Waals surface area contributed by atoms with Gasteiger partial charge in [0.1, 0.15) is 23.0 Å². The van der Waals surface area contributed by atoms with Crippen molar-refractivity contribution in [3.63, 3.8) is 0 Å². The molecule has 1 unspecified atom stereocenters. The van der Waals surface area contributed by atoms with Crippen molar-refractivity contribution in [1.29, 1.82) is 0 Å². The predicted octanol–water partition coefficient (Wildman–Crippen LogP) is 5.12. The number of ether oxygens (including phenoxy) is 2. The molecule has 4 rings (SSSR count). The lowest BCUT2D eigenvalue weighted by molar-refractivity contribution is -0.132. The zero-order valence-corrected chi connectivity index (χ0v) is 20.0. The monoisotopic (exact) mass is 473 g/mol. The number of aromatic hydroxyl groups is 1. The second-order valence-corrected chi connectivity index (χ2v) is 8.61. The first-order valence-corrected chi connectivity index (χ1v) is 11.2. The number of phenols is 1. The molecule has 2 N–H and O–H groups in total. The molecule has 3 aromatic carbocycles. The highest BCUT2D eigenvalue weighted by Gasteiger charge is 2.47. The van der Waals surface area contributed by atoms with Crippen molar-refractivity contribution < 1.29 is 29.3 Å². The second-order valence-electron chi connectivity index (χ2n) is 8.61. The van der Waals surface area contributed by atoms with Crippen LogP contribution in [0.2, 0.25) is 0 Å². The number of hydrogen-bond donors (Lipinski definition) is 2. The van der Waals surface area contributed by atoms with E-state index in [0.29, 0.717) is 28.3 Å². The molecule has 0 radical (unpaired) electrons. The molecule has 1 aliphatic heterocycles. The van der Waals surface area contributed by atoms with Gasteiger partial charge in [0.25, 0.3) is 11.7 Å². The van der Waals surface area contributed by atoms with Crippen molar-refractivity contribution in [3.05, 3.63) is 89.0 Å². The predicted molar refractivity (Wildman–Crippen MR) is 133 cm³/mol. The first-order valence-electron chi connectivity index (χ1n) is 11.2. The summed E-state index contributed by atoms with van der Waals surface area (Å²) < 4.78 is 11.1. The van der Waals surface area contributed by atoms with Crippen molar-refractivity contribution in [3.8, 4) is 17.2 Å². The van der Waals surface area contributed by atoms with Gasteiger partial charge < -0.3 is 19.7 Å². The summed E-state index contributed by atoms with van der Waals surface area (Å²) in [7, 11) is 1.51. The number of phenolic OH excluding ortho intramolecular Hbond substituents is 1. The van der Waals surface area contributed by atoms with E-state index in [1.165, 1.54) is 24.1 Å². The number of Topliss-reactive ketones (excluding diaryl/α,β-unsaturated/α-hetero) is 1. The van der Waals surface area contributed by atoms with Crippen LogP contribution >= 0.6 is 0 Å². The maximum atomic E-state index is 13.3. The molecule has 35 heavy (non-hydrogen) atoms. The first kappa shape index (κ1) is 23.9. The molecular formula is C28H27NO6. The molecule has 1 saturated heterocycles. The van der Waals surface area contributed by atoms with E-state index in [4.69, 9.17) is 9.47 Å². The summed E-state index contributed by atoms with van der Waals surface area (Å²) in [5.74, 6) is -0.624. The largest absolute Gasteiger partial charge is 0.508 e. The highest BCUT2D eigenvalue weighted by molar-refractivity contribution is 6.51. The third-order valence-corrected chi connectivity index (χ3v) is 5.80. The Morgan fingerprint density at radius 1 is 1.00 bits per heavy atom. The fourth-order valence-corrected chi connectivity index (χ4v) is 4.17. The van der Waals surface area contributed by atoms with Gasteiger partial charge in [-0.05, 0) is 74.4 Å². The number of anilines is 1. The van der Waals surface area contributed by atoms with E-state index in [1.54, 1.807) is 54.6 Å². The number of amides is 1. The van der Waals surface area contributed by atoms with Crippen LogP contribution in [0.4, 0.5) is 5.69 Å². The van der Waals surface area contributed by atoms with Gasteiger partial charge in [-0.15, -0.1) is 0 Å². The van der Waals surface area contributed by atoms with Crippen LogP contribution in [0.1, 0.15) is 36.6 Å². The number of ketones is 1. The molecule has 1 atom stereocenters. The molecule has 0 bridgehead atoms. The Balaban J connectivity index is 1.89. The summed E-state index contributed by atoms with van der Waals surface area (Å²) in [5, 5.41) is 21.1. The number of nitrogens with zero attached hydrogens (tertiary/aromatic N) is 1. The summed E-state index contributed by atoms with van der Waals surface area (Å²) in [6, 6.07) is 17.2. The topological polar surface area (TPSA) is 96.3 Å². The maximum absolute atomic E-state index is 13.3.